The SMILES string of the molecule is CC(CS)COc1cccc(Cl)c1. The second kappa shape index (κ2) is 5.40. The van der Waals surface area contributed by atoms with Crippen LogP contribution in [-0.4, -0.2) is 12.4 Å². The Morgan fingerprint density at radius 3 is 2.92 bits per heavy atom. The molecule has 0 bridgehead atoms. The highest BCUT2D eigenvalue weighted by atomic mass is 35.5. The number of ether oxygens (including phenoxy) is 1. The summed E-state index contributed by atoms with van der Waals surface area (Å²) in [5, 5.41) is 0.705. The molecule has 1 nitrogen and oxygen atoms in total. The van der Waals surface area contributed by atoms with Crippen LogP contribution in [0.3, 0.4) is 0 Å². The maximum atomic E-state index is 5.80. The fraction of sp³-hybridized carbons (Fsp3) is 0.400. The van der Waals surface area contributed by atoms with Crippen molar-refractivity contribution < 1.29 is 4.74 Å². The second-order valence-corrected chi connectivity index (χ2v) is 3.86. The molecule has 0 aliphatic heterocycles. The lowest BCUT2D eigenvalue weighted by atomic mass is 10.2. The van der Waals surface area contributed by atoms with E-state index < -0.39 is 0 Å². The number of hydrogen-bond acceptors (Lipinski definition) is 2. The van der Waals surface area contributed by atoms with E-state index in [9.17, 15) is 0 Å². The lowest BCUT2D eigenvalue weighted by Crippen LogP contribution is -2.09. The summed E-state index contributed by atoms with van der Waals surface area (Å²) in [6.45, 7) is 2.78. The summed E-state index contributed by atoms with van der Waals surface area (Å²) >= 11 is 9.98. The third-order valence-corrected chi connectivity index (χ3v) is 2.50. The monoisotopic (exact) mass is 216 g/mol. The molecule has 1 unspecified atom stereocenters. The molecule has 0 spiro atoms. The average Bonchev–Trinajstić information content (AvgIpc) is 2.14. The molecule has 0 aliphatic carbocycles. The summed E-state index contributed by atoms with van der Waals surface area (Å²) in [6, 6.07) is 7.42. The number of benzene rings is 1. The molecule has 13 heavy (non-hydrogen) atoms. The van der Waals surface area contributed by atoms with Gasteiger partial charge in [0.1, 0.15) is 5.75 Å². The minimum atomic E-state index is 0.460. The molecule has 1 aromatic carbocycles. The standard InChI is InChI=1S/C10H13ClOS/c1-8(7-13)6-12-10-4-2-3-9(11)5-10/h2-5,8,13H,6-7H2,1H3. The van der Waals surface area contributed by atoms with Crippen molar-refractivity contribution in [1.82, 2.24) is 0 Å². The molecule has 0 fully saturated rings. The summed E-state index contributed by atoms with van der Waals surface area (Å²) in [5.41, 5.74) is 0. The predicted octanol–water partition coefficient (Wildman–Crippen LogP) is 3.28. The van der Waals surface area contributed by atoms with Gasteiger partial charge < -0.3 is 4.74 Å². The van der Waals surface area contributed by atoms with Gasteiger partial charge in [0.15, 0.2) is 0 Å². The van der Waals surface area contributed by atoms with E-state index in [4.69, 9.17) is 16.3 Å². The Balaban J connectivity index is 2.45. The van der Waals surface area contributed by atoms with Gasteiger partial charge in [-0.2, -0.15) is 12.6 Å². The first-order chi connectivity index (χ1) is 6.22. The molecule has 72 valence electrons. The third-order valence-electron chi connectivity index (χ3n) is 1.64. The van der Waals surface area contributed by atoms with E-state index in [1.165, 1.54) is 0 Å². The molecular formula is C10H13ClOS. The molecular weight excluding hydrogens is 204 g/mol. The van der Waals surface area contributed by atoms with Crippen LogP contribution >= 0.6 is 24.2 Å². The van der Waals surface area contributed by atoms with Crippen molar-refractivity contribution in [3.63, 3.8) is 0 Å². The van der Waals surface area contributed by atoms with Crippen molar-refractivity contribution in [2.75, 3.05) is 12.4 Å². The van der Waals surface area contributed by atoms with Gasteiger partial charge >= 0.3 is 0 Å². The zero-order valence-electron chi connectivity index (χ0n) is 7.53. The maximum Gasteiger partial charge on any atom is 0.120 e. The Morgan fingerprint density at radius 2 is 2.31 bits per heavy atom. The van der Waals surface area contributed by atoms with Gasteiger partial charge in [0.05, 0.1) is 6.61 Å². The lowest BCUT2D eigenvalue weighted by molar-refractivity contribution is 0.273. The zero-order valence-corrected chi connectivity index (χ0v) is 9.18. The van der Waals surface area contributed by atoms with Crippen molar-refractivity contribution in [1.29, 1.82) is 0 Å². The Bertz CT molecular complexity index is 265. The van der Waals surface area contributed by atoms with Crippen LogP contribution in [0.25, 0.3) is 0 Å². The molecule has 0 saturated carbocycles. The molecule has 3 heteroatoms. The van der Waals surface area contributed by atoms with Gasteiger partial charge in [-0.15, -0.1) is 0 Å². The van der Waals surface area contributed by atoms with E-state index in [2.05, 4.69) is 19.6 Å². The van der Waals surface area contributed by atoms with E-state index >= 15 is 0 Å². The number of rotatable bonds is 4. The lowest BCUT2D eigenvalue weighted by Gasteiger charge is -2.10. The van der Waals surface area contributed by atoms with Gasteiger partial charge in [-0.25, -0.2) is 0 Å². The van der Waals surface area contributed by atoms with Gasteiger partial charge in [0.25, 0.3) is 0 Å². The highest BCUT2D eigenvalue weighted by molar-refractivity contribution is 7.80. The van der Waals surface area contributed by atoms with Crippen LogP contribution < -0.4 is 4.74 Å². The largest absolute Gasteiger partial charge is 0.493 e. The van der Waals surface area contributed by atoms with E-state index in [0.717, 1.165) is 11.5 Å². The van der Waals surface area contributed by atoms with Gasteiger partial charge in [0.2, 0.25) is 0 Å². The highest BCUT2D eigenvalue weighted by Crippen LogP contribution is 2.17. The molecule has 0 heterocycles. The molecule has 0 aliphatic rings. The fourth-order valence-corrected chi connectivity index (χ4v) is 1.13. The Kier molecular flexibility index (Phi) is 4.46. The Morgan fingerprint density at radius 1 is 1.54 bits per heavy atom. The number of thiol groups is 1. The fourth-order valence-electron chi connectivity index (χ4n) is 0.848. The Labute approximate surface area is 89.5 Å². The molecule has 0 amide bonds. The molecule has 0 saturated heterocycles. The highest BCUT2D eigenvalue weighted by Gasteiger charge is 2.00. The first-order valence-corrected chi connectivity index (χ1v) is 5.22. The number of hydrogen-bond donors (Lipinski definition) is 1. The van der Waals surface area contributed by atoms with Gasteiger partial charge in [-0.3, -0.25) is 0 Å². The minimum Gasteiger partial charge on any atom is -0.493 e. The van der Waals surface area contributed by atoms with E-state index in [-0.39, 0.29) is 0 Å². The first-order valence-electron chi connectivity index (χ1n) is 4.21. The normalized spacial score (nSPS) is 12.5. The zero-order chi connectivity index (χ0) is 9.68. The predicted molar refractivity (Wildman–Crippen MR) is 60.0 cm³/mol. The molecule has 0 N–H and O–H groups in total. The molecule has 1 rings (SSSR count). The van der Waals surface area contributed by atoms with Crippen molar-refractivity contribution in [2.24, 2.45) is 5.92 Å². The van der Waals surface area contributed by atoms with Crippen LogP contribution in [0.15, 0.2) is 24.3 Å². The third kappa shape index (κ3) is 3.92. The Hall–Kier alpha value is -0.340. The van der Waals surface area contributed by atoms with E-state index in [0.29, 0.717) is 17.5 Å². The average molecular weight is 217 g/mol. The van der Waals surface area contributed by atoms with Crippen molar-refractivity contribution in [3.8, 4) is 5.75 Å². The summed E-state index contributed by atoms with van der Waals surface area (Å²) in [7, 11) is 0. The minimum absolute atomic E-state index is 0.460. The van der Waals surface area contributed by atoms with Crippen LogP contribution in [0.1, 0.15) is 6.92 Å². The maximum absolute atomic E-state index is 5.80. The van der Waals surface area contributed by atoms with E-state index in [1.807, 2.05) is 24.3 Å². The molecule has 1 atom stereocenters. The molecule has 0 aromatic heterocycles. The van der Waals surface area contributed by atoms with Crippen molar-refractivity contribution >= 4 is 24.2 Å². The smallest absolute Gasteiger partial charge is 0.120 e. The quantitative estimate of drug-likeness (QED) is 0.760. The molecule has 0 radical (unpaired) electrons. The van der Waals surface area contributed by atoms with Gasteiger partial charge in [-0.1, -0.05) is 24.6 Å². The van der Waals surface area contributed by atoms with Crippen LogP contribution in [0, 0.1) is 5.92 Å². The summed E-state index contributed by atoms with van der Waals surface area (Å²) in [6.07, 6.45) is 0. The summed E-state index contributed by atoms with van der Waals surface area (Å²) in [5.74, 6) is 2.11. The van der Waals surface area contributed by atoms with Gasteiger partial charge in [-0.05, 0) is 29.9 Å². The van der Waals surface area contributed by atoms with Crippen LogP contribution in [0.4, 0.5) is 0 Å². The molecule has 1 aromatic rings. The van der Waals surface area contributed by atoms with Crippen molar-refractivity contribution in [3.05, 3.63) is 29.3 Å². The van der Waals surface area contributed by atoms with E-state index in [1.54, 1.807) is 0 Å². The van der Waals surface area contributed by atoms with Crippen LogP contribution in [-0.2, 0) is 0 Å². The summed E-state index contributed by atoms with van der Waals surface area (Å²) < 4.78 is 5.51. The number of halogens is 1. The van der Waals surface area contributed by atoms with Gasteiger partial charge in [0, 0.05) is 5.02 Å². The topological polar surface area (TPSA) is 9.23 Å². The second-order valence-electron chi connectivity index (χ2n) is 3.06. The van der Waals surface area contributed by atoms with Crippen LogP contribution in [0.2, 0.25) is 5.02 Å². The van der Waals surface area contributed by atoms with Crippen LogP contribution in [0.5, 0.6) is 5.75 Å². The van der Waals surface area contributed by atoms with Crippen molar-refractivity contribution in [2.45, 2.75) is 6.92 Å². The summed E-state index contributed by atoms with van der Waals surface area (Å²) in [4.78, 5) is 0. The first kappa shape index (κ1) is 10.7.